The topological polar surface area (TPSA) is 52.1 Å². The summed E-state index contributed by atoms with van der Waals surface area (Å²) in [6.07, 6.45) is 4.32. The lowest BCUT2D eigenvalue weighted by molar-refractivity contribution is 0.0734. The van der Waals surface area contributed by atoms with Crippen molar-refractivity contribution < 1.29 is 9.53 Å². The van der Waals surface area contributed by atoms with Gasteiger partial charge in [0.1, 0.15) is 0 Å². The van der Waals surface area contributed by atoms with Crippen LogP contribution in [0.3, 0.4) is 0 Å². The van der Waals surface area contributed by atoms with Gasteiger partial charge in [-0.1, -0.05) is 0 Å². The molecule has 0 atom stereocenters. The number of carbonyl (C=O) groups is 1. The molecule has 0 fully saturated rings. The van der Waals surface area contributed by atoms with Crippen molar-refractivity contribution >= 4 is 17.3 Å². The van der Waals surface area contributed by atoms with E-state index in [4.69, 9.17) is 4.74 Å². The summed E-state index contributed by atoms with van der Waals surface area (Å²) in [5, 5.41) is 2.39. The van der Waals surface area contributed by atoms with Crippen LogP contribution < -0.4 is 4.74 Å². The minimum absolute atomic E-state index is 0.209. The number of aromatic nitrogens is 2. The first kappa shape index (κ1) is 8.83. The van der Waals surface area contributed by atoms with E-state index in [9.17, 15) is 4.79 Å². The smallest absolute Gasteiger partial charge is 0.364 e. The van der Waals surface area contributed by atoms with Crippen molar-refractivity contribution in [3.8, 4) is 5.06 Å². The summed E-state index contributed by atoms with van der Waals surface area (Å²) in [6.45, 7) is 0. The maximum Gasteiger partial charge on any atom is 0.364 e. The molecule has 0 radical (unpaired) electrons. The molecular weight excluding hydrogens is 200 g/mol. The Labute approximate surface area is 84.2 Å². The van der Waals surface area contributed by atoms with Gasteiger partial charge in [0, 0.05) is 12.4 Å². The molecule has 0 unspecified atom stereocenters. The van der Waals surface area contributed by atoms with Gasteiger partial charge in [-0.15, -0.1) is 11.3 Å². The number of ether oxygens (including phenoxy) is 1. The standard InChI is InChI=1S/C9H6N2O2S/c12-9(7-6-10-3-4-11-7)13-8-2-1-5-14-8/h1-6H. The molecule has 0 aromatic carbocycles. The molecule has 2 rings (SSSR count). The highest BCUT2D eigenvalue weighted by atomic mass is 32.1. The number of hydrogen-bond donors (Lipinski definition) is 0. The van der Waals surface area contributed by atoms with Gasteiger partial charge >= 0.3 is 5.97 Å². The maximum atomic E-state index is 11.4. The number of esters is 1. The fourth-order valence-electron chi connectivity index (χ4n) is 0.870. The molecule has 0 N–H and O–H groups in total. The lowest BCUT2D eigenvalue weighted by Gasteiger charge is -1.98. The second-order valence-corrected chi connectivity index (χ2v) is 3.32. The van der Waals surface area contributed by atoms with Gasteiger partial charge in [0.25, 0.3) is 0 Å². The normalized spacial score (nSPS) is 9.71. The SMILES string of the molecule is O=C(Oc1cccs1)c1cnccn1. The van der Waals surface area contributed by atoms with Crippen LogP contribution in [0.1, 0.15) is 10.5 Å². The van der Waals surface area contributed by atoms with E-state index in [1.165, 1.54) is 29.9 Å². The number of hydrogen-bond acceptors (Lipinski definition) is 5. The average molecular weight is 206 g/mol. The molecule has 2 heterocycles. The Morgan fingerprint density at radius 3 is 3.00 bits per heavy atom. The Hall–Kier alpha value is -1.75. The summed E-state index contributed by atoms with van der Waals surface area (Å²) in [6, 6.07) is 3.53. The van der Waals surface area contributed by atoms with E-state index in [0.29, 0.717) is 5.06 Å². The van der Waals surface area contributed by atoms with Crippen molar-refractivity contribution in [1.29, 1.82) is 0 Å². The molecule has 0 saturated carbocycles. The quantitative estimate of drug-likeness (QED) is 0.702. The molecule has 0 aliphatic carbocycles. The Morgan fingerprint density at radius 2 is 2.36 bits per heavy atom. The van der Waals surface area contributed by atoms with E-state index < -0.39 is 5.97 Å². The van der Waals surface area contributed by atoms with Crippen molar-refractivity contribution in [2.24, 2.45) is 0 Å². The lowest BCUT2D eigenvalue weighted by Crippen LogP contribution is -2.09. The zero-order valence-electron chi connectivity index (χ0n) is 7.08. The van der Waals surface area contributed by atoms with Crippen LogP contribution >= 0.6 is 11.3 Å². The molecule has 0 saturated heterocycles. The Morgan fingerprint density at radius 1 is 1.43 bits per heavy atom. The van der Waals surface area contributed by atoms with Gasteiger partial charge in [-0.2, -0.15) is 0 Å². The number of nitrogens with zero attached hydrogens (tertiary/aromatic N) is 2. The van der Waals surface area contributed by atoms with E-state index >= 15 is 0 Å². The van der Waals surface area contributed by atoms with Crippen LogP contribution in [0.25, 0.3) is 0 Å². The minimum atomic E-state index is -0.486. The number of thiophene rings is 1. The second kappa shape index (κ2) is 3.97. The van der Waals surface area contributed by atoms with E-state index in [1.807, 2.05) is 11.4 Å². The third-order valence-corrected chi connectivity index (χ3v) is 2.21. The summed E-state index contributed by atoms with van der Waals surface area (Å²) >= 11 is 1.35. The molecule has 5 heteroatoms. The van der Waals surface area contributed by atoms with Crippen LogP contribution in [-0.2, 0) is 0 Å². The molecule has 70 valence electrons. The summed E-state index contributed by atoms with van der Waals surface area (Å²) in [7, 11) is 0. The van der Waals surface area contributed by atoms with Gasteiger partial charge < -0.3 is 4.74 Å². The van der Waals surface area contributed by atoms with Crippen molar-refractivity contribution in [3.63, 3.8) is 0 Å². The summed E-state index contributed by atoms with van der Waals surface area (Å²) in [4.78, 5) is 19.0. The second-order valence-electron chi connectivity index (χ2n) is 2.41. The average Bonchev–Trinajstić information content (AvgIpc) is 2.72. The van der Waals surface area contributed by atoms with Gasteiger partial charge in [0.15, 0.2) is 10.8 Å². The summed E-state index contributed by atoms with van der Waals surface area (Å²) < 4.78 is 5.02. The largest absolute Gasteiger partial charge is 0.411 e. The van der Waals surface area contributed by atoms with Crippen LogP contribution in [0.15, 0.2) is 36.1 Å². The molecule has 0 spiro atoms. The summed E-state index contributed by atoms with van der Waals surface area (Å²) in [5.74, 6) is -0.486. The van der Waals surface area contributed by atoms with Gasteiger partial charge in [-0.25, -0.2) is 9.78 Å². The lowest BCUT2D eigenvalue weighted by atomic mass is 10.5. The van der Waals surface area contributed by atoms with Gasteiger partial charge in [0.05, 0.1) is 6.20 Å². The molecule has 0 amide bonds. The molecule has 4 nitrogen and oxygen atoms in total. The van der Waals surface area contributed by atoms with Gasteiger partial charge in [0.2, 0.25) is 0 Å². The molecule has 0 aliphatic rings. The van der Waals surface area contributed by atoms with Crippen LogP contribution in [-0.4, -0.2) is 15.9 Å². The molecule has 14 heavy (non-hydrogen) atoms. The highest BCUT2D eigenvalue weighted by Gasteiger charge is 2.09. The molecule has 2 aromatic rings. The Balaban J connectivity index is 2.11. The van der Waals surface area contributed by atoms with Gasteiger partial charge in [-0.05, 0) is 17.5 Å². The van der Waals surface area contributed by atoms with Crippen LogP contribution in [0.2, 0.25) is 0 Å². The van der Waals surface area contributed by atoms with E-state index in [2.05, 4.69) is 9.97 Å². The molecular formula is C9H6N2O2S. The monoisotopic (exact) mass is 206 g/mol. The molecule has 0 aliphatic heterocycles. The first-order valence-electron chi connectivity index (χ1n) is 3.88. The van der Waals surface area contributed by atoms with Crippen molar-refractivity contribution in [1.82, 2.24) is 9.97 Å². The maximum absolute atomic E-state index is 11.4. The zero-order valence-corrected chi connectivity index (χ0v) is 7.90. The predicted molar refractivity (Wildman–Crippen MR) is 51.3 cm³/mol. The third-order valence-electron chi connectivity index (χ3n) is 1.46. The fraction of sp³-hybridized carbons (Fsp3) is 0. The highest BCUT2D eigenvalue weighted by molar-refractivity contribution is 7.11. The zero-order chi connectivity index (χ0) is 9.80. The first-order valence-corrected chi connectivity index (χ1v) is 4.76. The Bertz CT molecular complexity index is 414. The van der Waals surface area contributed by atoms with Gasteiger partial charge in [-0.3, -0.25) is 4.98 Å². The van der Waals surface area contributed by atoms with Crippen LogP contribution in [0.4, 0.5) is 0 Å². The number of carbonyl (C=O) groups excluding carboxylic acids is 1. The number of rotatable bonds is 2. The van der Waals surface area contributed by atoms with Crippen molar-refractivity contribution in [3.05, 3.63) is 41.8 Å². The van der Waals surface area contributed by atoms with Crippen molar-refractivity contribution in [2.45, 2.75) is 0 Å². The van der Waals surface area contributed by atoms with Crippen molar-refractivity contribution in [2.75, 3.05) is 0 Å². The van der Waals surface area contributed by atoms with E-state index in [0.717, 1.165) is 0 Å². The van der Waals surface area contributed by atoms with Crippen LogP contribution in [0.5, 0.6) is 5.06 Å². The molecule has 0 bridgehead atoms. The minimum Gasteiger partial charge on any atom is -0.411 e. The fourth-order valence-corrected chi connectivity index (χ4v) is 1.44. The van der Waals surface area contributed by atoms with E-state index in [1.54, 1.807) is 6.07 Å². The Kier molecular flexibility index (Phi) is 2.51. The van der Waals surface area contributed by atoms with E-state index in [-0.39, 0.29) is 5.69 Å². The molecule has 2 aromatic heterocycles. The summed E-state index contributed by atoms with van der Waals surface area (Å²) in [5.41, 5.74) is 0.209. The van der Waals surface area contributed by atoms with Crippen LogP contribution in [0, 0.1) is 0 Å². The highest BCUT2D eigenvalue weighted by Crippen LogP contribution is 2.18. The first-order chi connectivity index (χ1) is 6.86. The third kappa shape index (κ3) is 1.94. The predicted octanol–water partition coefficient (Wildman–Crippen LogP) is 1.76.